The molecule has 0 saturated carbocycles. The number of nitrogens with one attached hydrogen (secondary N) is 1. The molecule has 6 heteroatoms. The van der Waals surface area contributed by atoms with Gasteiger partial charge >= 0.3 is 0 Å². The molecule has 0 amide bonds. The predicted molar refractivity (Wildman–Crippen MR) is 69.4 cm³/mol. The van der Waals surface area contributed by atoms with Gasteiger partial charge in [-0.2, -0.15) is 0 Å². The van der Waals surface area contributed by atoms with Crippen LogP contribution in [-0.4, -0.2) is 13.4 Å². The number of sulfonamides is 1. The van der Waals surface area contributed by atoms with Crippen LogP contribution in [0, 0.1) is 12.7 Å². The smallest absolute Gasteiger partial charge is 0.240 e. The van der Waals surface area contributed by atoms with Gasteiger partial charge in [-0.05, 0) is 48.4 Å². The zero-order chi connectivity index (χ0) is 13.9. The minimum Gasteiger partial charge on any atom is -0.264 e. The van der Waals surface area contributed by atoms with E-state index in [-0.39, 0.29) is 11.4 Å². The molecule has 1 heterocycles. The first-order valence-corrected chi connectivity index (χ1v) is 7.12. The minimum atomic E-state index is -3.63. The van der Waals surface area contributed by atoms with Crippen LogP contribution in [-0.2, 0) is 16.6 Å². The molecule has 0 bridgehead atoms. The van der Waals surface area contributed by atoms with E-state index >= 15 is 0 Å². The van der Waals surface area contributed by atoms with Crippen molar-refractivity contribution in [1.29, 1.82) is 0 Å². The first-order valence-electron chi connectivity index (χ1n) is 5.64. The van der Waals surface area contributed by atoms with Crippen LogP contribution in [0.4, 0.5) is 4.39 Å². The maximum absolute atomic E-state index is 12.8. The molecule has 1 aromatic carbocycles. The SMILES string of the molecule is Cc1cnccc1CNS(=O)(=O)c1ccc(F)cc1. The standard InChI is InChI=1S/C13H13FN2O2S/c1-10-8-15-7-6-11(10)9-16-19(17,18)13-4-2-12(14)3-5-13/h2-8,16H,9H2,1H3. The summed E-state index contributed by atoms with van der Waals surface area (Å²) in [6.07, 6.45) is 3.27. The summed E-state index contributed by atoms with van der Waals surface area (Å²) in [5, 5.41) is 0. The Bertz CT molecular complexity index is 669. The van der Waals surface area contributed by atoms with Crippen LogP contribution in [0.5, 0.6) is 0 Å². The lowest BCUT2D eigenvalue weighted by Crippen LogP contribution is -2.23. The Morgan fingerprint density at radius 3 is 2.53 bits per heavy atom. The van der Waals surface area contributed by atoms with Crippen LogP contribution in [0.25, 0.3) is 0 Å². The lowest BCUT2D eigenvalue weighted by Gasteiger charge is -2.08. The predicted octanol–water partition coefficient (Wildman–Crippen LogP) is 2.01. The van der Waals surface area contributed by atoms with Crippen molar-refractivity contribution in [2.75, 3.05) is 0 Å². The van der Waals surface area contributed by atoms with Gasteiger partial charge in [0.2, 0.25) is 10.0 Å². The maximum atomic E-state index is 12.8. The molecule has 1 aromatic heterocycles. The molecule has 0 unspecified atom stereocenters. The van der Waals surface area contributed by atoms with Crippen molar-refractivity contribution in [1.82, 2.24) is 9.71 Å². The van der Waals surface area contributed by atoms with Gasteiger partial charge in [0.05, 0.1) is 4.90 Å². The number of aromatic nitrogens is 1. The average molecular weight is 280 g/mol. The van der Waals surface area contributed by atoms with Gasteiger partial charge in [-0.1, -0.05) is 0 Å². The summed E-state index contributed by atoms with van der Waals surface area (Å²) in [5.41, 5.74) is 1.75. The maximum Gasteiger partial charge on any atom is 0.240 e. The average Bonchev–Trinajstić information content (AvgIpc) is 2.38. The molecule has 0 aliphatic heterocycles. The lowest BCUT2D eigenvalue weighted by atomic mass is 10.2. The highest BCUT2D eigenvalue weighted by Gasteiger charge is 2.13. The van der Waals surface area contributed by atoms with E-state index in [4.69, 9.17) is 0 Å². The number of hydrogen-bond acceptors (Lipinski definition) is 3. The topological polar surface area (TPSA) is 59.1 Å². The minimum absolute atomic E-state index is 0.0422. The Kier molecular flexibility index (Phi) is 3.92. The third-order valence-electron chi connectivity index (χ3n) is 2.71. The van der Waals surface area contributed by atoms with Crippen molar-refractivity contribution in [2.24, 2.45) is 0 Å². The summed E-state index contributed by atoms with van der Waals surface area (Å²) >= 11 is 0. The molecule has 2 rings (SSSR count). The molecule has 0 saturated heterocycles. The zero-order valence-electron chi connectivity index (χ0n) is 10.3. The van der Waals surface area contributed by atoms with E-state index in [2.05, 4.69) is 9.71 Å². The van der Waals surface area contributed by atoms with Crippen LogP contribution in [0.3, 0.4) is 0 Å². The molecule has 19 heavy (non-hydrogen) atoms. The highest BCUT2D eigenvalue weighted by Crippen LogP contribution is 2.11. The van der Waals surface area contributed by atoms with Crippen molar-refractivity contribution in [2.45, 2.75) is 18.4 Å². The highest BCUT2D eigenvalue weighted by molar-refractivity contribution is 7.89. The van der Waals surface area contributed by atoms with Crippen molar-refractivity contribution in [3.63, 3.8) is 0 Å². The van der Waals surface area contributed by atoms with E-state index < -0.39 is 15.8 Å². The highest BCUT2D eigenvalue weighted by atomic mass is 32.2. The van der Waals surface area contributed by atoms with Crippen molar-refractivity contribution in [3.05, 3.63) is 59.7 Å². The van der Waals surface area contributed by atoms with Crippen LogP contribution in [0.1, 0.15) is 11.1 Å². The van der Waals surface area contributed by atoms with Gasteiger partial charge in [-0.3, -0.25) is 4.98 Å². The van der Waals surface area contributed by atoms with Crippen LogP contribution >= 0.6 is 0 Å². The van der Waals surface area contributed by atoms with Crippen molar-refractivity contribution >= 4 is 10.0 Å². The van der Waals surface area contributed by atoms with E-state index in [0.717, 1.165) is 23.3 Å². The fourth-order valence-electron chi connectivity index (χ4n) is 1.57. The van der Waals surface area contributed by atoms with Gasteiger partial charge in [-0.25, -0.2) is 17.5 Å². The van der Waals surface area contributed by atoms with Crippen molar-refractivity contribution in [3.8, 4) is 0 Å². The first kappa shape index (κ1) is 13.6. The number of benzene rings is 1. The van der Waals surface area contributed by atoms with E-state index in [1.165, 1.54) is 12.1 Å². The van der Waals surface area contributed by atoms with Gasteiger partial charge in [0.15, 0.2) is 0 Å². The fraction of sp³-hybridized carbons (Fsp3) is 0.154. The third-order valence-corrected chi connectivity index (χ3v) is 4.13. The summed E-state index contributed by atoms with van der Waals surface area (Å²) in [6.45, 7) is 2.03. The van der Waals surface area contributed by atoms with E-state index in [9.17, 15) is 12.8 Å². The summed E-state index contributed by atoms with van der Waals surface area (Å²) in [7, 11) is -3.63. The third kappa shape index (κ3) is 3.36. The fourth-order valence-corrected chi connectivity index (χ4v) is 2.58. The van der Waals surface area contributed by atoms with Crippen LogP contribution in [0.2, 0.25) is 0 Å². The van der Waals surface area contributed by atoms with Crippen LogP contribution < -0.4 is 4.72 Å². The number of rotatable bonds is 4. The molecule has 0 aliphatic rings. The van der Waals surface area contributed by atoms with E-state index in [1.54, 1.807) is 18.5 Å². The van der Waals surface area contributed by atoms with E-state index in [0.29, 0.717) is 0 Å². The molecule has 4 nitrogen and oxygen atoms in total. The molecule has 0 atom stereocenters. The Balaban J connectivity index is 2.14. The molecular weight excluding hydrogens is 267 g/mol. The number of pyridine rings is 1. The quantitative estimate of drug-likeness (QED) is 0.932. The summed E-state index contributed by atoms with van der Waals surface area (Å²) in [5.74, 6) is -0.469. The van der Waals surface area contributed by atoms with Gasteiger partial charge < -0.3 is 0 Å². The summed E-state index contributed by atoms with van der Waals surface area (Å²) < 4.78 is 39.2. The van der Waals surface area contributed by atoms with Gasteiger partial charge in [0.1, 0.15) is 5.82 Å². The Morgan fingerprint density at radius 1 is 1.21 bits per heavy atom. The Hall–Kier alpha value is -1.79. The largest absolute Gasteiger partial charge is 0.264 e. The second-order valence-corrected chi connectivity index (χ2v) is 5.85. The second kappa shape index (κ2) is 5.46. The molecule has 0 spiro atoms. The number of aryl methyl sites for hydroxylation is 1. The number of hydrogen-bond donors (Lipinski definition) is 1. The van der Waals surface area contributed by atoms with Crippen LogP contribution in [0.15, 0.2) is 47.6 Å². The van der Waals surface area contributed by atoms with Crippen molar-refractivity contribution < 1.29 is 12.8 Å². The first-order chi connectivity index (χ1) is 8.99. The number of nitrogens with zero attached hydrogens (tertiary/aromatic N) is 1. The summed E-state index contributed by atoms with van der Waals surface area (Å²) in [6, 6.07) is 6.45. The molecule has 0 aliphatic carbocycles. The normalized spacial score (nSPS) is 11.5. The molecule has 0 radical (unpaired) electrons. The molecular formula is C13H13FN2O2S. The molecule has 100 valence electrons. The van der Waals surface area contributed by atoms with Gasteiger partial charge in [-0.15, -0.1) is 0 Å². The second-order valence-electron chi connectivity index (χ2n) is 4.08. The van der Waals surface area contributed by atoms with Gasteiger partial charge in [0, 0.05) is 18.9 Å². The Morgan fingerprint density at radius 2 is 1.89 bits per heavy atom. The number of halogens is 1. The molecule has 2 aromatic rings. The summed E-state index contributed by atoms with van der Waals surface area (Å²) in [4.78, 5) is 3.98. The lowest BCUT2D eigenvalue weighted by molar-refractivity contribution is 0.580. The Labute approximate surface area is 111 Å². The van der Waals surface area contributed by atoms with Gasteiger partial charge in [0.25, 0.3) is 0 Å². The van der Waals surface area contributed by atoms with E-state index in [1.807, 2.05) is 6.92 Å². The molecule has 0 fully saturated rings. The monoisotopic (exact) mass is 280 g/mol. The molecule has 1 N–H and O–H groups in total. The zero-order valence-corrected chi connectivity index (χ0v) is 11.1.